The third-order valence-corrected chi connectivity index (χ3v) is 6.90. The molecule has 3 aliphatic rings. The lowest BCUT2D eigenvalue weighted by Crippen LogP contribution is -2.52. The van der Waals surface area contributed by atoms with Gasteiger partial charge in [-0.05, 0) is 49.3 Å². The number of amides is 1. The number of aromatic nitrogens is 3. The van der Waals surface area contributed by atoms with Gasteiger partial charge in [-0.15, -0.1) is 0 Å². The number of piperidine rings is 1. The number of carbonyl (C=O) groups excluding carboxylic acids is 1. The van der Waals surface area contributed by atoms with Crippen molar-refractivity contribution in [1.29, 1.82) is 0 Å². The summed E-state index contributed by atoms with van der Waals surface area (Å²) in [4.78, 5) is 22.7. The van der Waals surface area contributed by atoms with Crippen LogP contribution in [0, 0.1) is 11.3 Å². The topological polar surface area (TPSA) is 54.3 Å². The van der Waals surface area contributed by atoms with E-state index in [9.17, 15) is 4.79 Å². The molecule has 148 valence electrons. The van der Waals surface area contributed by atoms with Gasteiger partial charge in [0.15, 0.2) is 0 Å². The van der Waals surface area contributed by atoms with Crippen molar-refractivity contribution in [2.45, 2.75) is 38.1 Å². The lowest BCUT2D eigenvalue weighted by Gasteiger charge is -2.42. The van der Waals surface area contributed by atoms with E-state index in [1.165, 1.54) is 24.1 Å². The van der Waals surface area contributed by atoms with E-state index in [1.807, 2.05) is 36.4 Å². The predicted octanol–water partition coefficient (Wildman–Crippen LogP) is 2.43. The summed E-state index contributed by atoms with van der Waals surface area (Å²) < 4.78 is 1.97. The van der Waals surface area contributed by atoms with Crippen LogP contribution in [0.1, 0.15) is 42.9 Å². The maximum Gasteiger partial charge on any atom is 0.230 e. The molecular weight excluding hydrogens is 350 g/mol. The third kappa shape index (κ3) is 3.13. The van der Waals surface area contributed by atoms with Crippen molar-refractivity contribution >= 4 is 5.91 Å². The van der Waals surface area contributed by atoms with Crippen LogP contribution in [-0.2, 0) is 18.4 Å². The van der Waals surface area contributed by atoms with Crippen molar-refractivity contribution in [2.24, 2.45) is 18.4 Å². The van der Waals surface area contributed by atoms with Crippen LogP contribution in [0.3, 0.4) is 0 Å². The Bertz CT molecular complexity index is 846. The van der Waals surface area contributed by atoms with Crippen LogP contribution in [0.25, 0.3) is 0 Å². The Kier molecular flexibility index (Phi) is 4.46. The number of pyridine rings is 1. The number of nitrogens with zero attached hydrogens (tertiary/aromatic N) is 5. The fraction of sp³-hybridized carbons (Fsp3) is 0.591. The first kappa shape index (κ1) is 17.9. The minimum absolute atomic E-state index is 0.200. The minimum atomic E-state index is -0.316. The molecule has 0 radical (unpaired) electrons. The fourth-order valence-corrected chi connectivity index (χ4v) is 5.34. The maximum atomic E-state index is 13.8. The summed E-state index contributed by atoms with van der Waals surface area (Å²) in [6, 6.07) is 6.22. The quantitative estimate of drug-likeness (QED) is 0.801. The van der Waals surface area contributed by atoms with E-state index >= 15 is 0 Å². The molecule has 5 rings (SSSR count). The van der Waals surface area contributed by atoms with Crippen molar-refractivity contribution in [3.63, 3.8) is 0 Å². The molecule has 28 heavy (non-hydrogen) atoms. The first-order valence-corrected chi connectivity index (χ1v) is 10.5. The van der Waals surface area contributed by atoms with E-state index in [-0.39, 0.29) is 11.3 Å². The van der Waals surface area contributed by atoms with Gasteiger partial charge in [-0.3, -0.25) is 19.4 Å². The predicted molar refractivity (Wildman–Crippen MR) is 106 cm³/mol. The molecule has 0 aromatic carbocycles. The number of hydrogen-bond acceptors (Lipinski definition) is 4. The average Bonchev–Trinajstić information content (AvgIpc) is 3.31. The Hall–Kier alpha value is -2.21. The lowest BCUT2D eigenvalue weighted by molar-refractivity contribution is -0.147. The van der Waals surface area contributed by atoms with Crippen LogP contribution in [0.5, 0.6) is 0 Å². The maximum absolute atomic E-state index is 13.8. The molecule has 3 fully saturated rings. The summed E-state index contributed by atoms with van der Waals surface area (Å²) in [7, 11) is 2.00. The SMILES string of the molecule is Cn1nccc1[C@@H]1CN(Cc2cccnc2)C[C@]12CCCN(CC1CC1)C2=O. The number of carbonyl (C=O) groups is 1. The zero-order valence-electron chi connectivity index (χ0n) is 16.6. The Morgan fingerprint density at radius 3 is 2.86 bits per heavy atom. The molecule has 6 heteroatoms. The van der Waals surface area contributed by atoms with Crippen LogP contribution >= 0.6 is 0 Å². The van der Waals surface area contributed by atoms with E-state index in [0.29, 0.717) is 5.91 Å². The van der Waals surface area contributed by atoms with Gasteiger partial charge in [-0.25, -0.2) is 0 Å². The van der Waals surface area contributed by atoms with Gasteiger partial charge in [-0.2, -0.15) is 5.10 Å². The van der Waals surface area contributed by atoms with Crippen LogP contribution in [0.15, 0.2) is 36.8 Å². The number of aryl methyl sites for hydroxylation is 1. The fourth-order valence-electron chi connectivity index (χ4n) is 5.34. The molecular formula is C22H29N5O. The second-order valence-electron chi connectivity index (χ2n) is 8.92. The minimum Gasteiger partial charge on any atom is -0.342 e. The Labute approximate surface area is 166 Å². The molecule has 2 saturated heterocycles. The number of rotatable bonds is 5. The van der Waals surface area contributed by atoms with Crippen molar-refractivity contribution in [3.8, 4) is 0 Å². The van der Waals surface area contributed by atoms with Crippen LogP contribution < -0.4 is 0 Å². The van der Waals surface area contributed by atoms with Gasteiger partial charge in [0.2, 0.25) is 5.91 Å². The first-order valence-electron chi connectivity index (χ1n) is 10.5. The molecule has 1 saturated carbocycles. The molecule has 1 amide bonds. The molecule has 0 N–H and O–H groups in total. The van der Waals surface area contributed by atoms with Crippen LogP contribution in [-0.4, -0.2) is 56.7 Å². The highest BCUT2D eigenvalue weighted by Gasteiger charge is 2.56. The number of hydrogen-bond donors (Lipinski definition) is 0. The summed E-state index contributed by atoms with van der Waals surface area (Å²) in [6.45, 7) is 4.47. The molecule has 0 bridgehead atoms. The second kappa shape index (κ2) is 6.99. The second-order valence-corrected chi connectivity index (χ2v) is 8.92. The van der Waals surface area contributed by atoms with Gasteiger partial charge < -0.3 is 4.90 Å². The highest BCUT2D eigenvalue weighted by Crippen LogP contribution is 2.50. The van der Waals surface area contributed by atoms with E-state index in [2.05, 4.69) is 32.0 Å². The molecule has 0 unspecified atom stereocenters. The van der Waals surface area contributed by atoms with E-state index in [1.54, 1.807) is 0 Å². The monoisotopic (exact) mass is 379 g/mol. The van der Waals surface area contributed by atoms with Gasteiger partial charge in [0.25, 0.3) is 0 Å². The van der Waals surface area contributed by atoms with Crippen molar-refractivity contribution in [3.05, 3.63) is 48.0 Å². The summed E-state index contributed by atoms with van der Waals surface area (Å²) in [6.07, 6.45) is 10.3. The summed E-state index contributed by atoms with van der Waals surface area (Å²) in [5, 5.41) is 4.41. The Morgan fingerprint density at radius 2 is 2.14 bits per heavy atom. The average molecular weight is 380 g/mol. The molecule has 4 heterocycles. The van der Waals surface area contributed by atoms with E-state index < -0.39 is 0 Å². The first-order chi connectivity index (χ1) is 13.7. The van der Waals surface area contributed by atoms with Crippen LogP contribution in [0.4, 0.5) is 0 Å². The zero-order valence-corrected chi connectivity index (χ0v) is 16.6. The molecule has 1 spiro atoms. The normalized spacial score (nSPS) is 28.4. The smallest absolute Gasteiger partial charge is 0.230 e. The molecule has 2 aromatic rings. The highest BCUT2D eigenvalue weighted by molar-refractivity contribution is 5.85. The van der Waals surface area contributed by atoms with Crippen molar-refractivity contribution < 1.29 is 4.79 Å². The molecule has 2 atom stereocenters. The molecule has 2 aromatic heterocycles. The van der Waals surface area contributed by atoms with Crippen molar-refractivity contribution in [2.75, 3.05) is 26.2 Å². The van der Waals surface area contributed by atoms with Gasteiger partial charge in [0, 0.05) is 70.0 Å². The lowest BCUT2D eigenvalue weighted by atomic mass is 9.70. The largest absolute Gasteiger partial charge is 0.342 e. The summed E-state index contributed by atoms with van der Waals surface area (Å²) in [5.41, 5.74) is 2.08. The Morgan fingerprint density at radius 1 is 1.25 bits per heavy atom. The van der Waals surface area contributed by atoms with Crippen LogP contribution in [0.2, 0.25) is 0 Å². The van der Waals surface area contributed by atoms with Gasteiger partial charge in [0.1, 0.15) is 0 Å². The summed E-state index contributed by atoms with van der Waals surface area (Å²) in [5.74, 6) is 1.32. The van der Waals surface area contributed by atoms with E-state index in [4.69, 9.17) is 0 Å². The molecule has 1 aliphatic carbocycles. The van der Waals surface area contributed by atoms with Gasteiger partial charge in [-0.1, -0.05) is 6.07 Å². The third-order valence-electron chi connectivity index (χ3n) is 6.90. The van der Waals surface area contributed by atoms with E-state index in [0.717, 1.165) is 51.5 Å². The number of likely N-dealkylation sites (tertiary alicyclic amines) is 2. The highest BCUT2D eigenvalue weighted by atomic mass is 16.2. The molecule has 2 aliphatic heterocycles. The molecule has 6 nitrogen and oxygen atoms in total. The van der Waals surface area contributed by atoms with Crippen molar-refractivity contribution in [1.82, 2.24) is 24.6 Å². The Balaban J connectivity index is 1.45. The zero-order chi connectivity index (χ0) is 19.1. The van der Waals surface area contributed by atoms with Gasteiger partial charge >= 0.3 is 0 Å². The van der Waals surface area contributed by atoms with Gasteiger partial charge in [0.05, 0.1) is 5.41 Å². The summed E-state index contributed by atoms with van der Waals surface area (Å²) >= 11 is 0. The standard InChI is InChI=1S/C22H29N5O/c1-25-20(7-10-24-25)19-15-26(13-18-4-2-9-23-12-18)16-22(19)8-3-11-27(21(22)28)14-17-5-6-17/h2,4,7,9-10,12,17,19H,3,5-6,8,11,13-16H2,1H3/t19-,22+/m0/s1.